The lowest BCUT2D eigenvalue weighted by atomic mass is 10.1. The Bertz CT molecular complexity index is 689. The van der Waals surface area contributed by atoms with Crippen molar-refractivity contribution >= 4 is 28.1 Å². The second-order valence-electron chi connectivity index (χ2n) is 3.99. The molecule has 0 unspecified atom stereocenters. The molecule has 0 atom stereocenters. The van der Waals surface area contributed by atoms with Crippen LogP contribution in [0.3, 0.4) is 0 Å². The number of fused-ring (bicyclic) bond motifs is 1. The van der Waals surface area contributed by atoms with Crippen LogP contribution in [0.4, 0.5) is 0 Å². The van der Waals surface area contributed by atoms with Crippen LogP contribution in [-0.2, 0) is 0 Å². The lowest BCUT2D eigenvalue weighted by molar-refractivity contribution is 0.415. The fourth-order valence-electron chi connectivity index (χ4n) is 1.89. The summed E-state index contributed by atoms with van der Waals surface area (Å²) in [6, 6.07) is 10.0. The van der Waals surface area contributed by atoms with Crippen molar-refractivity contribution in [1.29, 1.82) is 0 Å². The number of methoxy groups -OCH3 is 1. The van der Waals surface area contributed by atoms with Crippen molar-refractivity contribution in [3.63, 3.8) is 0 Å². The topological polar surface area (TPSA) is 26.5 Å². The number of hydrogen-bond acceptors (Lipinski definition) is 2. The third kappa shape index (κ3) is 2.08. The van der Waals surface area contributed by atoms with Crippen LogP contribution >= 0.6 is 22.6 Å². The molecule has 3 nitrogen and oxygen atoms in total. The van der Waals surface area contributed by atoms with Crippen molar-refractivity contribution in [3.05, 3.63) is 52.5 Å². The van der Waals surface area contributed by atoms with Crippen molar-refractivity contribution < 1.29 is 4.74 Å². The van der Waals surface area contributed by atoms with Gasteiger partial charge in [-0.3, -0.25) is 4.98 Å². The molecule has 0 spiro atoms. The Morgan fingerprint density at radius 2 is 1.94 bits per heavy atom. The molecule has 2 heterocycles. The van der Waals surface area contributed by atoms with Crippen LogP contribution in [0.25, 0.3) is 16.8 Å². The summed E-state index contributed by atoms with van der Waals surface area (Å²) >= 11 is 2.30. The highest BCUT2D eigenvalue weighted by Gasteiger charge is 2.03. The molecule has 2 aromatic heterocycles. The van der Waals surface area contributed by atoms with Crippen LogP contribution < -0.4 is 4.74 Å². The molecule has 3 aromatic rings. The van der Waals surface area contributed by atoms with Crippen molar-refractivity contribution in [2.24, 2.45) is 0 Å². The van der Waals surface area contributed by atoms with Gasteiger partial charge in [-0.2, -0.15) is 0 Å². The summed E-state index contributed by atoms with van der Waals surface area (Å²) in [5.74, 6) is 0.857. The number of halogens is 1. The highest BCUT2D eigenvalue weighted by atomic mass is 127. The number of benzene rings is 1. The maximum absolute atomic E-state index is 5.15. The smallest absolute Gasteiger partial charge is 0.118 e. The third-order valence-electron chi connectivity index (χ3n) is 2.83. The second-order valence-corrected chi connectivity index (χ2v) is 5.24. The maximum atomic E-state index is 5.15. The zero-order chi connectivity index (χ0) is 12.5. The Morgan fingerprint density at radius 1 is 1.17 bits per heavy atom. The van der Waals surface area contributed by atoms with E-state index in [1.165, 1.54) is 3.57 Å². The molecule has 0 saturated heterocycles. The molecule has 0 radical (unpaired) electrons. The molecular formula is C14H11IN2O. The van der Waals surface area contributed by atoms with Gasteiger partial charge >= 0.3 is 0 Å². The van der Waals surface area contributed by atoms with Gasteiger partial charge in [0.25, 0.3) is 0 Å². The molecule has 0 aliphatic rings. The van der Waals surface area contributed by atoms with E-state index < -0.39 is 0 Å². The minimum atomic E-state index is 0.857. The van der Waals surface area contributed by atoms with E-state index in [0.29, 0.717) is 0 Å². The van der Waals surface area contributed by atoms with Gasteiger partial charge in [0, 0.05) is 21.5 Å². The Balaban J connectivity index is 2.06. The molecule has 0 fully saturated rings. The number of nitrogens with zero attached hydrogens (tertiary/aromatic N) is 2. The molecule has 0 amide bonds. The maximum Gasteiger partial charge on any atom is 0.118 e. The van der Waals surface area contributed by atoms with E-state index in [1.54, 1.807) is 7.11 Å². The van der Waals surface area contributed by atoms with Crippen LogP contribution in [0.1, 0.15) is 0 Å². The molecule has 18 heavy (non-hydrogen) atoms. The number of aromatic nitrogens is 2. The molecule has 0 aliphatic carbocycles. The first-order chi connectivity index (χ1) is 8.76. The molecule has 1 aromatic carbocycles. The zero-order valence-electron chi connectivity index (χ0n) is 9.80. The Labute approximate surface area is 119 Å². The van der Waals surface area contributed by atoms with Crippen molar-refractivity contribution in [2.75, 3.05) is 7.11 Å². The first-order valence-electron chi connectivity index (χ1n) is 5.54. The minimum absolute atomic E-state index is 0.857. The van der Waals surface area contributed by atoms with Gasteiger partial charge in [0.15, 0.2) is 0 Å². The largest absolute Gasteiger partial charge is 0.497 e. The van der Waals surface area contributed by atoms with E-state index in [-0.39, 0.29) is 0 Å². The van der Waals surface area contributed by atoms with Gasteiger partial charge in [-0.15, -0.1) is 0 Å². The molecule has 90 valence electrons. The Hall–Kier alpha value is -1.56. The summed E-state index contributed by atoms with van der Waals surface area (Å²) in [5.41, 5.74) is 3.15. The highest BCUT2D eigenvalue weighted by Crippen LogP contribution is 2.21. The van der Waals surface area contributed by atoms with Gasteiger partial charge in [-0.25, -0.2) is 0 Å². The molecule has 0 bridgehead atoms. The van der Waals surface area contributed by atoms with Gasteiger partial charge in [0.05, 0.1) is 24.5 Å². The predicted molar refractivity (Wildman–Crippen MR) is 79.9 cm³/mol. The van der Waals surface area contributed by atoms with Crippen molar-refractivity contribution in [2.45, 2.75) is 0 Å². The normalized spacial score (nSPS) is 10.8. The Kier molecular flexibility index (Phi) is 2.95. The average molecular weight is 350 g/mol. The molecule has 0 aliphatic heterocycles. The lowest BCUT2D eigenvalue weighted by Gasteiger charge is -2.04. The van der Waals surface area contributed by atoms with Crippen LogP contribution in [0, 0.1) is 3.57 Å². The highest BCUT2D eigenvalue weighted by molar-refractivity contribution is 14.1. The summed E-state index contributed by atoms with van der Waals surface area (Å²) in [7, 11) is 1.67. The minimum Gasteiger partial charge on any atom is -0.497 e. The molecule has 4 heteroatoms. The van der Waals surface area contributed by atoms with Gasteiger partial charge < -0.3 is 9.14 Å². The number of ether oxygens (including phenoxy) is 1. The van der Waals surface area contributed by atoms with E-state index in [4.69, 9.17) is 4.74 Å². The van der Waals surface area contributed by atoms with Crippen LogP contribution in [0.15, 0.2) is 48.9 Å². The van der Waals surface area contributed by atoms with Gasteiger partial charge in [-0.1, -0.05) is 0 Å². The summed E-state index contributed by atoms with van der Waals surface area (Å²) in [6.07, 6.45) is 6.02. The van der Waals surface area contributed by atoms with E-state index in [0.717, 1.165) is 22.5 Å². The zero-order valence-corrected chi connectivity index (χ0v) is 12.0. The first kappa shape index (κ1) is 11.5. The van der Waals surface area contributed by atoms with E-state index in [1.807, 2.05) is 36.7 Å². The first-order valence-corrected chi connectivity index (χ1v) is 6.62. The van der Waals surface area contributed by atoms with Gasteiger partial charge in [-0.05, 0) is 52.9 Å². The van der Waals surface area contributed by atoms with Crippen LogP contribution in [-0.4, -0.2) is 16.5 Å². The van der Waals surface area contributed by atoms with Crippen molar-refractivity contribution in [1.82, 2.24) is 9.38 Å². The molecule has 0 N–H and O–H groups in total. The molecular weight excluding hydrogens is 339 g/mol. The van der Waals surface area contributed by atoms with Gasteiger partial charge in [0.2, 0.25) is 0 Å². The summed E-state index contributed by atoms with van der Waals surface area (Å²) in [5, 5.41) is 0. The summed E-state index contributed by atoms with van der Waals surface area (Å²) in [4.78, 5) is 4.48. The molecule has 3 rings (SSSR count). The number of rotatable bonds is 2. The standard InChI is InChI=1S/C14H11IN2O/c1-18-13-4-2-10(3-5-13)14-9-17-8-11(15)6-12(17)7-16-14/h2-9H,1H3. The number of hydrogen-bond donors (Lipinski definition) is 0. The van der Waals surface area contributed by atoms with Crippen LogP contribution in [0.2, 0.25) is 0 Å². The van der Waals surface area contributed by atoms with E-state index in [2.05, 4.69) is 44.2 Å². The fraction of sp³-hybridized carbons (Fsp3) is 0.0714. The van der Waals surface area contributed by atoms with E-state index >= 15 is 0 Å². The third-order valence-corrected chi connectivity index (χ3v) is 3.42. The SMILES string of the molecule is COc1ccc(-c2cn3cc(I)cc3cn2)cc1. The Morgan fingerprint density at radius 3 is 2.67 bits per heavy atom. The fourth-order valence-corrected chi connectivity index (χ4v) is 2.51. The quantitative estimate of drug-likeness (QED) is 0.660. The summed E-state index contributed by atoms with van der Waals surface area (Å²) < 4.78 is 8.45. The van der Waals surface area contributed by atoms with Gasteiger partial charge in [0.1, 0.15) is 5.75 Å². The predicted octanol–water partition coefficient (Wildman–Crippen LogP) is 3.61. The van der Waals surface area contributed by atoms with Crippen molar-refractivity contribution in [3.8, 4) is 17.0 Å². The average Bonchev–Trinajstić information content (AvgIpc) is 2.78. The lowest BCUT2D eigenvalue weighted by Crippen LogP contribution is -1.89. The summed E-state index contributed by atoms with van der Waals surface area (Å²) in [6.45, 7) is 0. The monoisotopic (exact) mass is 350 g/mol. The van der Waals surface area contributed by atoms with Crippen LogP contribution in [0.5, 0.6) is 5.75 Å². The molecule has 0 saturated carbocycles. The van der Waals surface area contributed by atoms with E-state index in [9.17, 15) is 0 Å². The second kappa shape index (κ2) is 4.61.